The Morgan fingerprint density at radius 3 is 2.57 bits per heavy atom. The van der Waals surface area contributed by atoms with E-state index in [1.807, 2.05) is 26.8 Å². The van der Waals surface area contributed by atoms with Crippen molar-refractivity contribution in [2.45, 2.75) is 26.7 Å². The van der Waals surface area contributed by atoms with Crippen molar-refractivity contribution < 1.29 is 14.6 Å². The second-order valence-corrected chi connectivity index (χ2v) is 5.62. The molecule has 2 N–H and O–H groups in total. The lowest BCUT2D eigenvalue weighted by Crippen LogP contribution is -2.26. The highest BCUT2D eigenvalue weighted by Crippen LogP contribution is 2.30. The quantitative estimate of drug-likeness (QED) is 0.909. The summed E-state index contributed by atoms with van der Waals surface area (Å²) in [4.78, 5) is 19.3. The van der Waals surface area contributed by atoms with Gasteiger partial charge in [-0.25, -0.2) is 9.78 Å². The van der Waals surface area contributed by atoms with Crippen molar-refractivity contribution in [1.29, 1.82) is 0 Å². The maximum atomic E-state index is 11.3. The van der Waals surface area contributed by atoms with E-state index in [9.17, 15) is 9.90 Å². The van der Waals surface area contributed by atoms with Crippen LogP contribution in [0.15, 0.2) is 12.1 Å². The van der Waals surface area contributed by atoms with Gasteiger partial charge in [0.15, 0.2) is 0 Å². The molecule has 2 heterocycles. The number of ether oxygens (including phenoxy) is 1. The zero-order valence-corrected chi connectivity index (χ0v) is 12.4. The van der Waals surface area contributed by atoms with Crippen LogP contribution in [0, 0.1) is 20.8 Å². The third kappa shape index (κ3) is 2.34. The first kappa shape index (κ1) is 13.8. The van der Waals surface area contributed by atoms with Crippen molar-refractivity contribution in [2.24, 2.45) is 0 Å². The molecule has 110 valence electrons. The van der Waals surface area contributed by atoms with Crippen molar-refractivity contribution >= 4 is 5.97 Å². The number of aryl methyl sites for hydroxylation is 3. The molecule has 2 aromatic rings. The molecule has 0 aliphatic carbocycles. The predicted molar refractivity (Wildman–Crippen MR) is 78.8 cm³/mol. The van der Waals surface area contributed by atoms with Crippen LogP contribution in [-0.4, -0.2) is 34.3 Å². The molecule has 5 nitrogen and oxygen atoms in total. The van der Waals surface area contributed by atoms with E-state index in [1.54, 1.807) is 6.07 Å². The lowest BCUT2D eigenvalue weighted by molar-refractivity contribution is 0.00518. The first-order valence-electron chi connectivity index (χ1n) is 6.96. The fourth-order valence-electron chi connectivity index (χ4n) is 2.67. The Kier molecular flexibility index (Phi) is 3.29. The number of aromatic carboxylic acids is 1. The molecule has 3 rings (SSSR count). The zero-order chi connectivity index (χ0) is 15.1. The number of aromatic nitrogens is 2. The minimum atomic E-state index is -0.908. The van der Waals surface area contributed by atoms with Gasteiger partial charge >= 0.3 is 5.97 Å². The van der Waals surface area contributed by atoms with Crippen LogP contribution in [0.4, 0.5) is 0 Å². The molecule has 0 bridgehead atoms. The minimum absolute atomic E-state index is 0.321. The van der Waals surface area contributed by atoms with Crippen molar-refractivity contribution in [2.75, 3.05) is 13.2 Å². The Morgan fingerprint density at radius 2 is 2.00 bits per heavy atom. The molecule has 1 aromatic carbocycles. The zero-order valence-electron chi connectivity index (χ0n) is 12.4. The standard InChI is InChI=1S/C16H18N2O3/c1-8-4-9(2)13(16(19)20)5-12(8)14-10(3)17-15(18-14)11-6-21-7-11/h4-5,11H,6-7H2,1-3H3,(H,17,18)(H,19,20). The number of imidazole rings is 1. The number of hydrogen-bond acceptors (Lipinski definition) is 3. The van der Waals surface area contributed by atoms with Gasteiger partial charge in [-0.2, -0.15) is 0 Å². The number of carbonyl (C=O) groups is 1. The van der Waals surface area contributed by atoms with Crippen molar-refractivity contribution in [3.8, 4) is 11.3 Å². The molecule has 0 radical (unpaired) electrons. The lowest BCUT2D eigenvalue weighted by atomic mass is 9.97. The number of benzene rings is 1. The number of rotatable bonds is 3. The van der Waals surface area contributed by atoms with Crippen LogP contribution in [0.25, 0.3) is 11.3 Å². The van der Waals surface area contributed by atoms with E-state index in [0.29, 0.717) is 24.7 Å². The van der Waals surface area contributed by atoms with E-state index >= 15 is 0 Å². The first-order chi connectivity index (χ1) is 9.97. The van der Waals surface area contributed by atoms with Gasteiger partial charge in [0.2, 0.25) is 0 Å². The fourth-order valence-corrected chi connectivity index (χ4v) is 2.67. The summed E-state index contributed by atoms with van der Waals surface area (Å²) in [5, 5.41) is 9.29. The van der Waals surface area contributed by atoms with Gasteiger partial charge in [0.25, 0.3) is 0 Å². The molecule has 5 heteroatoms. The largest absolute Gasteiger partial charge is 0.478 e. The normalized spacial score (nSPS) is 15.0. The topological polar surface area (TPSA) is 75.2 Å². The molecule has 0 saturated carbocycles. The van der Waals surface area contributed by atoms with Crippen molar-refractivity contribution in [3.63, 3.8) is 0 Å². The Morgan fingerprint density at radius 1 is 1.29 bits per heavy atom. The SMILES string of the molecule is Cc1cc(C)c(-c2nc(C3COC3)[nH]c2C)cc1C(=O)O. The number of carboxylic acid groups (broad SMARTS) is 1. The molecule has 1 saturated heterocycles. The number of nitrogens with zero attached hydrogens (tertiary/aromatic N) is 1. The molecule has 1 aliphatic heterocycles. The average Bonchev–Trinajstić information content (AvgIpc) is 2.68. The maximum absolute atomic E-state index is 11.3. The second-order valence-electron chi connectivity index (χ2n) is 5.62. The molecular formula is C16H18N2O3. The number of carboxylic acids is 1. The number of aromatic amines is 1. The van der Waals surface area contributed by atoms with E-state index in [1.165, 1.54) is 0 Å². The summed E-state index contributed by atoms with van der Waals surface area (Å²) in [6.45, 7) is 7.15. The third-order valence-corrected chi connectivity index (χ3v) is 3.98. The highest BCUT2D eigenvalue weighted by atomic mass is 16.5. The van der Waals surface area contributed by atoms with Crippen LogP contribution < -0.4 is 0 Å². The predicted octanol–water partition coefficient (Wildman–Crippen LogP) is 2.81. The van der Waals surface area contributed by atoms with E-state index < -0.39 is 5.97 Å². The van der Waals surface area contributed by atoms with Crippen LogP contribution in [0.3, 0.4) is 0 Å². The third-order valence-electron chi connectivity index (χ3n) is 3.98. The van der Waals surface area contributed by atoms with Gasteiger partial charge in [0, 0.05) is 11.3 Å². The van der Waals surface area contributed by atoms with E-state index in [-0.39, 0.29) is 0 Å². The Balaban J connectivity index is 2.09. The molecule has 0 unspecified atom stereocenters. The van der Waals surface area contributed by atoms with Gasteiger partial charge in [-0.05, 0) is 38.0 Å². The molecule has 0 amide bonds. The molecule has 1 aliphatic rings. The maximum Gasteiger partial charge on any atom is 0.335 e. The van der Waals surface area contributed by atoms with Crippen LogP contribution >= 0.6 is 0 Å². The van der Waals surface area contributed by atoms with Gasteiger partial charge in [0.05, 0.1) is 30.4 Å². The van der Waals surface area contributed by atoms with Gasteiger partial charge in [0.1, 0.15) is 5.82 Å². The van der Waals surface area contributed by atoms with Crippen LogP contribution in [-0.2, 0) is 4.74 Å². The molecule has 1 fully saturated rings. The minimum Gasteiger partial charge on any atom is -0.478 e. The van der Waals surface area contributed by atoms with Gasteiger partial charge in [-0.15, -0.1) is 0 Å². The summed E-state index contributed by atoms with van der Waals surface area (Å²) in [5.41, 5.74) is 4.79. The Bertz CT molecular complexity index is 715. The van der Waals surface area contributed by atoms with Gasteiger partial charge in [-0.3, -0.25) is 0 Å². The van der Waals surface area contributed by atoms with Crippen molar-refractivity contribution in [1.82, 2.24) is 9.97 Å². The summed E-state index contributed by atoms with van der Waals surface area (Å²) in [6.07, 6.45) is 0. The summed E-state index contributed by atoms with van der Waals surface area (Å²) in [6, 6.07) is 3.62. The van der Waals surface area contributed by atoms with Crippen LogP contribution in [0.2, 0.25) is 0 Å². The summed E-state index contributed by atoms with van der Waals surface area (Å²) < 4.78 is 5.20. The van der Waals surface area contributed by atoms with E-state index in [0.717, 1.165) is 33.9 Å². The summed E-state index contributed by atoms with van der Waals surface area (Å²) in [7, 11) is 0. The molecule has 0 spiro atoms. The smallest absolute Gasteiger partial charge is 0.335 e. The molecule has 21 heavy (non-hydrogen) atoms. The first-order valence-corrected chi connectivity index (χ1v) is 6.96. The fraction of sp³-hybridized carbons (Fsp3) is 0.375. The van der Waals surface area contributed by atoms with Crippen LogP contribution in [0.1, 0.15) is 38.9 Å². The number of hydrogen-bond donors (Lipinski definition) is 2. The van der Waals surface area contributed by atoms with E-state index in [2.05, 4.69) is 9.97 Å². The molecular weight excluding hydrogens is 268 g/mol. The molecule has 0 atom stereocenters. The number of nitrogens with one attached hydrogen (secondary N) is 1. The Labute approximate surface area is 123 Å². The van der Waals surface area contributed by atoms with Gasteiger partial charge in [-0.1, -0.05) is 6.07 Å². The highest BCUT2D eigenvalue weighted by molar-refractivity contribution is 5.91. The highest BCUT2D eigenvalue weighted by Gasteiger charge is 2.25. The van der Waals surface area contributed by atoms with Gasteiger partial charge < -0.3 is 14.8 Å². The van der Waals surface area contributed by atoms with Crippen molar-refractivity contribution in [3.05, 3.63) is 40.3 Å². The summed E-state index contributed by atoms with van der Waals surface area (Å²) in [5.74, 6) is 0.335. The summed E-state index contributed by atoms with van der Waals surface area (Å²) >= 11 is 0. The second kappa shape index (κ2) is 5.00. The molecule has 1 aromatic heterocycles. The lowest BCUT2D eigenvalue weighted by Gasteiger charge is -2.23. The van der Waals surface area contributed by atoms with Crippen LogP contribution in [0.5, 0.6) is 0 Å². The average molecular weight is 286 g/mol. The monoisotopic (exact) mass is 286 g/mol. The number of H-pyrrole nitrogens is 1. The Hall–Kier alpha value is -2.14. The van der Waals surface area contributed by atoms with E-state index in [4.69, 9.17) is 4.74 Å².